The lowest BCUT2D eigenvalue weighted by Gasteiger charge is -2.15. The highest BCUT2D eigenvalue weighted by Gasteiger charge is 2.15. The van der Waals surface area contributed by atoms with Gasteiger partial charge in [0, 0.05) is 24.1 Å². The molecule has 0 spiro atoms. The summed E-state index contributed by atoms with van der Waals surface area (Å²) < 4.78 is 6.14. The van der Waals surface area contributed by atoms with Crippen molar-refractivity contribution in [3.05, 3.63) is 56.2 Å². The molecule has 1 atom stereocenters. The molecule has 1 unspecified atom stereocenters. The van der Waals surface area contributed by atoms with Crippen molar-refractivity contribution in [1.29, 1.82) is 0 Å². The first kappa shape index (κ1) is 16.0. The SMILES string of the molecule is COC(CNC(=O)c1ccc(C)cc1C)c1ccc(Cl)s1. The highest BCUT2D eigenvalue weighted by molar-refractivity contribution is 7.16. The van der Waals surface area contributed by atoms with Gasteiger partial charge in [0.25, 0.3) is 5.91 Å². The van der Waals surface area contributed by atoms with Gasteiger partial charge in [0.1, 0.15) is 6.10 Å². The minimum absolute atomic E-state index is 0.0859. The molecule has 3 nitrogen and oxygen atoms in total. The van der Waals surface area contributed by atoms with Crippen molar-refractivity contribution in [3.8, 4) is 0 Å². The Morgan fingerprint density at radius 1 is 1.33 bits per heavy atom. The first-order valence-corrected chi connectivity index (χ1v) is 7.84. The van der Waals surface area contributed by atoms with Crippen LogP contribution >= 0.6 is 22.9 Å². The van der Waals surface area contributed by atoms with E-state index in [0.29, 0.717) is 16.4 Å². The van der Waals surface area contributed by atoms with Gasteiger partial charge in [-0.3, -0.25) is 4.79 Å². The molecule has 0 saturated carbocycles. The lowest BCUT2D eigenvalue weighted by atomic mass is 10.1. The molecule has 21 heavy (non-hydrogen) atoms. The normalized spacial score (nSPS) is 12.2. The van der Waals surface area contributed by atoms with Crippen molar-refractivity contribution >= 4 is 28.8 Å². The lowest BCUT2D eigenvalue weighted by Crippen LogP contribution is -2.29. The monoisotopic (exact) mass is 323 g/mol. The highest BCUT2D eigenvalue weighted by Crippen LogP contribution is 2.28. The van der Waals surface area contributed by atoms with E-state index in [-0.39, 0.29) is 12.0 Å². The molecule has 0 aliphatic rings. The summed E-state index contributed by atoms with van der Waals surface area (Å²) >= 11 is 7.39. The predicted octanol–water partition coefficient (Wildman–Crippen LogP) is 4.14. The van der Waals surface area contributed by atoms with Crippen molar-refractivity contribution < 1.29 is 9.53 Å². The molecular weight excluding hydrogens is 306 g/mol. The lowest BCUT2D eigenvalue weighted by molar-refractivity contribution is 0.0837. The molecule has 0 bridgehead atoms. The summed E-state index contributed by atoms with van der Waals surface area (Å²) in [6.45, 7) is 4.37. The number of hydrogen-bond donors (Lipinski definition) is 1. The van der Waals surface area contributed by atoms with Crippen LogP contribution in [0.2, 0.25) is 4.34 Å². The number of benzene rings is 1. The molecular formula is C16H18ClNO2S. The summed E-state index contributed by atoms with van der Waals surface area (Å²) in [7, 11) is 1.63. The van der Waals surface area contributed by atoms with Gasteiger partial charge in [-0.05, 0) is 37.6 Å². The van der Waals surface area contributed by atoms with Gasteiger partial charge in [-0.15, -0.1) is 11.3 Å². The van der Waals surface area contributed by atoms with Gasteiger partial charge < -0.3 is 10.1 Å². The second-order valence-electron chi connectivity index (χ2n) is 4.89. The molecule has 1 amide bonds. The van der Waals surface area contributed by atoms with Crippen LogP contribution in [0, 0.1) is 13.8 Å². The zero-order valence-corrected chi connectivity index (χ0v) is 13.8. The molecule has 1 aromatic heterocycles. The fourth-order valence-electron chi connectivity index (χ4n) is 2.15. The average molecular weight is 324 g/mol. The van der Waals surface area contributed by atoms with Crippen molar-refractivity contribution in [3.63, 3.8) is 0 Å². The number of carbonyl (C=O) groups is 1. The topological polar surface area (TPSA) is 38.3 Å². The van der Waals surface area contributed by atoms with Gasteiger partial charge in [-0.25, -0.2) is 0 Å². The second kappa shape index (κ2) is 7.07. The predicted molar refractivity (Wildman–Crippen MR) is 87.3 cm³/mol. The maximum Gasteiger partial charge on any atom is 0.251 e. The minimum Gasteiger partial charge on any atom is -0.374 e. The van der Waals surface area contributed by atoms with Gasteiger partial charge in [0.05, 0.1) is 4.34 Å². The molecule has 0 aliphatic carbocycles. The molecule has 5 heteroatoms. The van der Waals surface area contributed by atoms with Crippen LogP contribution < -0.4 is 5.32 Å². The van der Waals surface area contributed by atoms with E-state index in [4.69, 9.17) is 16.3 Å². The molecule has 1 N–H and O–H groups in total. The summed E-state index contributed by atoms with van der Waals surface area (Å²) in [5.74, 6) is -0.0859. The number of nitrogens with one attached hydrogen (secondary N) is 1. The van der Waals surface area contributed by atoms with Crippen LogP contribution in [0.4, 0.5) is 0 Å². The third-order valence-electron chi connectivity index (χ3n) is 3.27. The standard InChI is InChI=1S/C16H18ClNO2S/c1-10-4-5-12(11(2)8-10)16(19)18-9-13(20-3)14-6-7-15(17)21-14/h4-8,13H,9H2,1-3H3,(H,18,19). The number of aryl methyl sites for hydroxylation is 2. The highest BCUT2D eigenvalue weighted by atomic mass is 35.5. The molecule has 0 saturated heterocycles. The van der Waals surface area contributed by atoms with E-state index in [9.17, 15) is 4.79 Å². The maximum atomic E-state index is 12.2. The molecule has 2 rings (SSSR count). The van der Waals surface area contributed by atoms with Crippen molar-refractivity contribution in [2.24, 2.45) is 0 Å². The van der Waals surface area contributed by atoms with E-state index in [1.165, 1.54) is 11.3 Å². The van der Waals surface area contributed by atoms with Crippen molar-refractivity contribution in [1.82, 2.24) is 5.32 Å². The summed E-state index contributed by atoms with van der Waals surface area (Å²) in [6, 6.07) is 9.55. The van der Waals surface area contributed by atoms with Gasteiger partial charge in [-0.1, -0.05) is 29.3 Å². The molecule has 1 heterocycles. The van der Waals surface area contributed by atoms with Crippen LogP contribution in [-0.4, -0.2) is 19.6 Å². The Morgan fingerprint density at radius 3 is 2.67 bits per heavy atom. The number of methoxy groups -OCH3 is 1. The van der Waals surface area contributed by atoms with Crippen LogP contribution in [0.1, 0.15) is 32.5 Å². The third kappa shape index (κ3) is 4.06. The maximum absolute atomic E-state index is 12.2. The van der Waals surface area contributed by atoms with Gasteiger partial charge in [0.2, 0.25) is 0 Å². The molecule has 0 fully saturated rings. The van der Waals surface area contributed by atoms with Crippen LogP contribution in [-0.2, 0) is 4.74 Å². The molecule has 0 radical (unpaired) electrons. The average Bonchev–Trinajstić information content (AvgIpc) is 2.86. The summed E-state index contributed by atoms with van der Waals surface area (Å²) in [4.78, 5) is 13.2. The minimum atomic E-state index is -0.183. The van der Waals surface area contributed by atoms with E-state index >= 15 is 0 Å². The van der Waals surface area contributed by atoms with E-state index in [0.717, 1.165) is 16.0 Å². The Labute approximate surface area is 133 Å². The smallest absolute Gasteiger partial charge is 0.251 e. The molecule has 0 aliphatic heterocycles. The Bertz CT molecular complexity index is 639. The van der Waals surface area contributed by atoms with Crippen LogP contribution in [0.5, 0.6) is 0 Å². The Morgan fingerprint density at radius 2 is 2.10 bits per heavy atom. The van der Waals surface area contributed by atoms with Gasteiger partial charge in [0.15, 0.2) is 0 Å². The van der Waals surface area contributed by atoms with Crippen LogP contribution in [0.3, 0.4) is 0 Å². The zero-order valence-electron chi connectivity index (χ0n) is 12.3. The first-order chi connectivity index (χ1) is 10.0. The fourth-order valence-corrected chi connectivity index (χ4v) is 3.29. The van der Waals surface area contributed by atoms with E-state index < -0.39 is 0 Å². The second-order valence-corrected chi connectivity index (χ2v) is 6.64. The zero-order chi connectivity index (χ0) is 15.4. The molecule has 1 aromatic carbocycles. The fraction of sp³-hybridized carbons (Fsp3) is 0.312. The Balaban J connectivity index is 2.02. The largest absolute Gasteiger partial charge is 0.374 e. The molecule has 112 valence electrons. The Hall–Kier alpha value is -1.36. The van der Waals surface area contributed by atoms with Crippen molar-refractivity contribution in [2.45, 2.75) is 20.0 Å². The third-order valence-corrected chi connectivity index (χ3v) is 4.59. The number of thiophene rings is 1. The number of ether oxygens (including phenoxy) is 1. The number of rotatable bonds is 5. The van der Waals surface area contributed by atoms with E-state index in [1.807, 2.05) is 44.2 Å². The van der Waals surface area contributed by atoms with Crippen molar-refractivity contribution in [2.75, 3.05) is 13.7 Å². The number of halogens is 1. The molecule has 2 aromatic rings. The van der Waals surface area contributed by atoms with Gasteiger partial charge >= 0.3 is 0 Å². The number of hydrogen-bond acceptors (Lipinski definition) is 3. The quantitative estimate of drug-likeness (QED) is 0.898. The summed E-state index contributed by atoms with van der Waals surface area (Å²) in [5.41, 5.74) is 2.81. The van der Waals surface area contributed by atoms with Crippen LogP contribution in [0.25, 0.3) is 0 Å². The van der Waals surface area contributed by atoms with E-state index in [1.54, 1.807) is 7.11 Å². The first-order valence-electron chi connectivity index (χ1n) is 6.64. The number of amides is 1. The summed E-state index contributed by atoms with van der Waals surface area (Å²) in [6.07, 6.45) is -0.183. The number of carbonyl (C=O) groups excluding carboxylic acids is 1. The van der Waals surface area contributed by atoms with E-state index in [2.05, 4.69) is 5.32 Å². The van der Waals surface area contributed by atoms with Crippen LogP contribution in [0.15, 0.2) is 30.3 Å². The van der Waals surface area contributed by atoms with Gasteiger partial charge in [-0.2, -0.15) is 0 Å². The summed E-state index contributed by atoms with van der Waals surface area (Å²) in [5, 5.41) is 2.92. The Kier molecular flexibility index (Phi) is 5.39.